The number of methoxy groups -OCH3 is 1. The molecule has 0 spiro atoms. The Labute approximate surface area is 258 Å². The van der Waals surface area contributed by atoms with Gasteiger partial charge in [0.05, 0.1) is 30.5 Å². The molecule has 0 saturated carbocycles. The lowest BCUT2D eigenvalue weighted by molar-refractivity contribution is 0.0718. The van der Waals surface area contributed by atoms with E-state index in [1.54, 1.807) is 7.11 Å². The molecule has 0 bridgehead atoms. The molecular formula is C34H49N5O2S. The van der Waals surface area contributed by atoms with Gasteiger partial charge in [-0.1, -0.05) is 68.5 Å². The molecule has 8 heteroatoms. The first kappa shape index (κ1) is 31.9. The summed E-state index contributed by atoms with van der Waals surface area (Å²) in [5, 5.41) is 3.64. The summed E-state index contributed by atoms with van der Waals surface area (Å²) in [5.41, 5.74) is 10.2. The number of piperazine rings is 1. The average Bonchev–Trinajstić information content (AvgIpc) is 3.06. The minimum absolute atomic E-state index is 0.160. The topological polar surface area (TPSA) is 66.2 Å². The molecule has 2 saturated heterocycles. The molecule has 1 atom stereocenters. The number of piperidine rings is 1. The van der Waals surface area contributed by atoms with Gasteiger partial charge in [0.1, 0.15) is 5.75 Å². The summed E-state index contributed by atoms with van der Waals surface area (Å²) >= 11 is 5.86. The number of nitrogens with one attached hydrogen (secondary N) is 1. The summed E-state index contributed by atoms with van der Waals surface area (Å²) in [6.07, 6.45) is 11.0. The van der Waals surface area contributed by atoms with Gasteiger partial charge in [-0.05, 0) is 43.0 Å². The number of likely N-dealkylation sites (tertiary alicyclic amines) is 1. The lowest BCUT2D eigenvalue weighted by Crippen LogP contribution is -2.47. The molecule has 228 valence electrons. The van der Waals surface area contributed by atoms with Crippen LogP contribution in [0.5, 0.6) is 5.75 Å². The Hall–Kier alpha value is -3.07. The fraction of sp³-hybridized carbons (Fsp3) is 0.500. The summed E-state index contributed by atoms with van der Waals surface area (Å²) in [5.74, 6) is 0.717. The molecule has 0 amide bonds. The van der Waals surface area contributed by atoms with Gasteiger partial charge in [-0.25, -0.2) is 0 Å². The van der Waals surface area contributed by atoms with Crippen LogP contribution in [0.3, 0.4) is 0 Å². The van der Waals surface area contributed by atoms with Crippen LogP contribution in [0.25, 0.3) is 0 Å². The number of rotatable bonds is 10. The zero-order chi connectivity index (χ0) is 29.7. The first-order chi connectivity index (χ1) is 20.6. The molecule has 7 nitrogen and oxygen atoms in total. The standard InChI is InChI=1S/C32H43N5O2S.C2H6/c1-38-31-23-27(7-12-30(31)33)34-26-13-17-37(18-14-26)32(40)15-16-35-19-21-36(22-20-35)28-8-10-29(11-9-28)39-24-25-5-3-2-4-6-25;1-2/h2-10,12,23,26,29,34H,11,13-22,24,33H2,1H3;1-2H3. The van der Waals surface area contributed by atoms with Crippen molar-refractivity contribution in [3.05, 3.63) is 78.0 Å². The summed E-state index contributed by atoms with van der Waals surface area (Å²) in [6.45, 7) is 12.0. The highest BCUT2D eigenvalue weighted by Crippen LogP contribution is 2.27. The van der Waals surface area contributed by atoms with Crippen molar-refractivity contribution >= 4 is 28.6 Å². The normalized spacial score (nSPS) is 19.5. The van der Waals surface area contributed by atoms with E-state index in [0.29, 0.717) is 24.1 Å². The van der Waals surface area contributed by atoms with Crippen molar-refractivity contribution in [1.29, 1.82) is 0 Å². The summed E-state index contributed by atoms with van der Waals surface area (Å²) in [7, 11) is 1.65. The Kier molecular flexibility index (Phi) is 12.5. The second-order valence-electron chi connectivity index (χ2n) is 10.9. The summed E-state index contributed by atoms with van der Waals surface area (Å²) < 4.78 is 11.4. The number of benzene rings is 2. The number of anilines is 2. The molecule has 2 aliphatic heterocycles. The van der Waals surface area contributed by atoms with Crippen LogP contribution in [0.15, 0.2) is 72.5 Å². The van der Waals surface area contributed by atoms with Crippen LogP contribution in [0, 0.1) is 0 Å². The van der Waals surface area contributed by atoms with Crippen molar-refractivity contribution in [2.45, 2.75) is 58.3 Å². The summed E-state index contributed by atoms with van der Waals surface area (Å²) in [4.78, 5) is 8.58. The Morgan fingerprint density at radius 1 is 1.00 bits per heavy atom. The van der Waals surface area contributed by atoms with E-state index < -0.39 is 0 Å². The highest BCUT2D eigenvalue weighted by molar-refractivity contribution is 7.80. The second kappa shape index (κ2) is 16.5. The minimum Gasteiger partial charge on any atom is -0.495 e. The number of allylic oxidation sites excluding steroid dienone is 1. The third-order valence-corrected chi connectivity index (χ3v) is 8.64. The van der Waals surface area contributed by atoms with Crippen LogP contribution >= 0.6 is 12.2 Å². The predicted molar refractivity (Wildman–Crippen MR) is 179 cm³/mol. The van der Waals surface area contributed by atoms with Crippen LogP contribution in [0.1, 0.15) is 45.1 Å². The Morgan fingerprint density at radius 2 is 1.74 bits per heavy atom. The molecule has 1 unspecified atom stereocenters. The van der Waals surface area contributed by atoms with Gasteiger partial charge in [0.25, 0.3) is 0 Å². The van der Waals surface area contributed by atoms with Crippen molar-refractivity contribution in [3.8, 4) is 5.75 Å². The fourth-order valence-corrected chi connectivity index (χ4v) is 5.95. The molecule has 2 heterocycles. The van der Waals surface area contributed by atoms with E-state index in [9.17, 15) is 0 Å². The number of hydrogen-bond acceptors (Lipinski definition) is 7. The van der Waals surface area contributed by atoms with E-state index in [-0.39, 0.29) is 6.10 Å². The number of thiocarbonyl (C=S) groups is 1. The molecule has 42 heavy (non-hydrogen) atoms. The number of nitrogen functional groups attached to an aromatic ring is 1. The first-order valence-corrected chi connectivity index (χ1v) is 16.0. The van der Waals surface area contributed by atoms with Crippen LogP contribution in [-0.4, -0.2) is 84.8 Å². The van der Waals surface area contributed by atoms with Crippen molar-refractivity contribution in [3.63, 3.8) is 0 Å². The number of hydrogen-bond donors (Lipinski definition) is 2. The highest BCUT2D eigenvalue weighted by Gasteiger charge is 2.23. The molecule has 1 aliphatic carbocycles. The predicted octanol–water partition coefficient (Wildman–Crippen LogP) is 5.94. The van der Waals surface area contributed by atoms with Gasteiger partial charge in [-0.2, -0.15) is 0 Å². The zero-order valence-corrected chi connectivity index (χ0v) is 26.5. The van der Waals surface area contributed by atoms with Gasteiger partial charge in [-0.3, -0.25) is 4.90 Å². The van der Waals surface area contributed by atoms with Crippen LogP contribution in [-0.2, 0) is 11.3 Å². The van der Waals surface area contributed by atoms with Crippen molar-refractivity contribution in [1.82, 2.24) is 14.7 Å². The molecule has 2 aromatic carbocycles. The van der Waals surface area contributed by atoms with Crippen LogP contribution < -0.4 is 15.8 Å². The maximum Gasteiger partial charge on any atom is 0.143 e. The highest BCUT2D eigenvalue weighted by atomic mass is 32.1. The Balaban J connectivity index is 0.00000198. The van der Waals surface area contributed by atoms with Crippen molar-refractivity contribution in [2.24, 2.45) is 0 Å². The lowest BCUT2D eigenvalue weighted by atomic mass is 10.0. The van der Waals surface area contributed by atoms with Gasteiger partial charge < -0.3 is 30.3 Å². The van der Waals surface area contributed by atoms with E-state index >= 15 is 0 Å². The smallest absolute Gasteiger partial charge is 0.143 e. The quantitative estimate of drug-likeness (QED) is 0.260. The van der Waals surface area contributed by atoms with Gasteiger partial charge in [0, 0.05) is 75.7 Å². The van der Waals surface area contributed by atoms with E-state index in [4.69, 9.17) is 27.4 Å². The molecule has 0 radical (unpaired) electrons. The lowest BCUT2D eigenvalue weighted by Gasteiger charge is -2.38. The largest absolute Gasteiger partial charge is 0.495 e. The fourth-order valence-electron chi connectivity index (χ4n) is 5.68. The SMILES string of the molecule is CC.COc1cc(NC2CCN(C(=S)CCN3CCN(C4=CCC(OCc5ccccc5)C=C4)CC3)CC2)ccc1N. The zero-order valence-electron chi connectivity index (χ0n) is 25.6. The molecule has 0 aromatic heterocycles. The number of nitrogens with two attached hydrogens (primary N) is 1. The summed E-state index contributed by atoms with van der Waals surface area (Å²) in [6, 6.07) is 16.7. The maximum atomic E-state index is 6.08. The number of ether oxygens (including phenoxy) is 2. The maximum absolute atomic E-state index is 6.08. The van der Waals surface area contributed by atoms with Crippen LogP contribution in [0.2, 0.25) is 0 Å². The average molecular weight is 592 g/mol. The van der Waals surface area contributed by atoms with Crippen molar-refractivity contribution in [2.75, 3.05) is 64.0 Å². The van der Waals surface area contributed by atoms with Gasteiger partial charge in [0.2, 0.25) is 0 Å². The Bertz CT molecular complexity index is 1170. The van der Waals surface area contributed by atoms with Crippen LogP contribution in [0.4, 0.5) is 11.4 Å². The second-order valence-corrected chi connectivity index (χ2v) is 11.4. The first-order valence-electron chi connectivity index (χ1n) is 15.6. The van der Waals surface area contributed by atoms with Gasteiger partial charge in [0.15, 0.2) is 0 Å². The molecule has 2 fully saturated rings. The molecule has 2 aromatic rings. The molecule has 3 N–H and O–H groups in total. The van der Waals surface area contributed by atoms with E-state index in [1.165, 1.54) is 11.3 Å². The van der Waals surface area contributed by atoms with E-state index in [1.807, 2.05) is 38.1 Å². The third-order valence-electron chi connectivity index (χ3n) is 8.18. The number of nitrogens with zero attached hydrogens (tertiary/aromatic N) is 3. The van der Waals surface area contributed by atoms with E-state index in [0.717, 1.165) is 82.2 Å². The molecular weight excluding hydrogens is 542 g/mol. The van der Waals surface area contributed by atoms with Crippen molar-refractivity contribution < 1.29 is 9.47 Å². The van der Waals surface area contributed by atoms with E-state index in [2.05, 4.69) is 62.5 Å². The van der Waals surface area contributed by atoms with Gasteiger partial charge in [-0.15, -0.1) is 0 Å². The van der Waals surface area contributed by atoms with Gasteiger partial charge >= 0.3 is 0 Å². The third kappa shape index (κ3) is 9.21. The molecule has 3 aliphatic rings. The minimum atomic E-state index is 0.160. The molecule has 5 rings (SSSR count). The Morgan fingerprint density at radius 3 is 2.40 bits per heavy atom. The monoisotopic (exact) mass is 591 g/mol.